The van der Waals surface area contributed by atoms with Gasteiger partial charge in [-0.25, -0.2) is 18.7 Å². The molecule has 0 radical (unpaired) electrons. The van der Waals surface area contributed by atoms with Crippen LogP contribution in [0.1, 0.15) is 17.8 Å². The van der Waals surface area contributed by atoms with Crippen molar-refractivity contribution in [2.45, 2.75) is 19.9 Å². The fourth-order valence-corrected chi connectivity index (χ4v) is 2.56. The molecule has 1 N–H and O–H groups in total. The summed E-state index contributed by atoms with van der Waals surface area (Å²) in [5.74, 6) is 0.180. The van der Waals surface area contributed by atoms with Gasteiger partial charge in [0.2, 0.25) is 5.95 Å². The number of anilines is 1. The first-order valence-corrected chi connectivity index (χ1v) is 8.47. The number of nitrogens with zero attached hydrogens (tertiary/aromatic N) is 4. The molecule has 0 bridgehead atoms. The Kier molecular flexibility index (Phi) is 5.37. The molecule has 3 aromatic rings. The van der Waals surface area contributed by atoms with E-state index in [1.165, 1.54) is 6.07 Å². The normalized spacial score (nSPS) is 11.1. The summed E-state index contributed by atoms with van der Waals surface area (Å²) < 4.78 is 29.0. The summed E-state index contributed by atoms with van der Waals surface area (Å²) in [7, 11) is 0. The molecule has 0 spiro atoms. The van der Waals surface area contributed by atoms with E-state index in [2.05, 4.69) is 36.3 Å². The van der Waals surface area contributed by atoms with E-state index in [9.17, 15) is 8.78 Å². The van der Waals surface area contributed by atoms with Crippen LogP contribution >= 0.6 is 15.9 Å². The molecule has 130 valence electrons. The van der Waals surface area contributed by atoms with Crippen molar-refractivity contribution in [3.8, 4) is 11.3 Å². The molecule has 0 aliphatic carbocycles. The maximum atomic E-state index is 13.2. The van der Waals surface area contributed by atoms with Gasteiger partial charge in [-0.15, -0.1) is 0 Å². The minimum atomic E-state index is -2.66. The van der Waals surface area contributed by atoms with E-state index in [4.69, 9.17) is 0 Å². The lowest BCUT2D eigenvalue weighted by Gasteiger charge is -2.10. The molecule has 3 rings (SSSR count). The lowest BCUT2D eigenvalue weighted by atomic mass is 10.1. The van der Waals surface area contributed by atoms with Gasteiger partial charge in [0.15, 0.2) is 0 Å². The molecule has 0 fully saturated rings. The van der Waals surface area contributed by atoms with Crippen LogP contribution in [0.25, 0.3) is 11.3 Å². The number of halogens is 3. The predicted octanol–water partition coefficient (Wildman–Crippen LogP) is 4.46. The molecule has 0 unspecified atom stereocenters. The number of hydrogen-bond donors (Lipinski definition) is 1. The van der Waals surface area contributed by atoms with Crippen molar-refractivity contribution >= 4 is 21.9 Å². The predicted molar refractivity (Wildman–Crippen MR) is 95.6 cm³/mol. The van der Waals surface area contributed by atoms with E-state index in [1.807, 2.05) is 43.5 Å². The van der Waals surface area contributed by atoms with Crippen molar-refractivity contribution in [3.63, 3.8) is 0 Å². The van der Waals surface area contributed by atoms with E-state index in [-0.39, 0.29) is 11.6 Å². The van der Waals surface area contributed by atoms with Gasteiger partial charge in [-0.3, -0.25) is 4.68 Å². The average Bonchev–Trinajstić information content (AvgIpc) is 3.00. The Labute approximate surface area is 152 Å². The molecular formula is C17H16BrF2N5. The van der Waals surface area contributed by atoms with Crippen molar-refractivity contribution in [1.29, 1.82) is 0 Å². The third-order valence-electron chi connectivity index (χ3n) is 3.51. The zero-order chi connectivity index (χ0) is 17.8. The lowest BCUT2D eigenvalue weighted by Crippen LogP contribution is -2.13. The third-order valence-corrected chi connectivity index (χ3v) is 4.04. The molecule has 0 saturated heterocycles. The van der Waals surface area contributed by atoms with Crippen LogP contribution in [0.2, 0.25) is 0 Å². The smallest absolute Gasteiger partial charge is 0.280 e. The molecule has 0 aliphatic rings. The summed E-state index contributed by atoms with van der Waals surface area (Å²) in [6, 6.07) is 10.5. The van der Waals surface area contributed by atoms with Crippen molar-refractivity contribution in [1.82, 2.24) is 19.7 Å². The van der Waals surface area contributed by atoms with Crippen molar-refractivity contribution in [2.24, 2.45) is 0 Å². The Morgan fingerprint density at radius 1 is 1.16 bits per heavy atom. The zero-order valence-electron chi connectivity index (χ0n) is 13.5. The molecule has 1 aromatic carbocycles. The van der Waals surface area contributed by atoms with E-state index < -0.39 is 6.43 Å². The second kappa shape index (κ2) is 7.69. The number of aryl methyl sites for hydroxylation is 1. The van der Waals surface area contributed by atoms with Crippen LogP contribution in [-0.4, -0.2) is 26.3 Å². The van der Waals surface area contributed by atoms with Gasteiger partial charge in [0, 0.05) is 22.8 Å². The summed E-state index contributed by atoms with van der Waals surface area (Å²) >= 11 is 3.35. The number of benzene rings is 1. The van der Waals surface area contributed by atoms with Crippen LogP contribution in [0.15, 0.2) is 47.1 Å². The number of aromatic nitrogens is 4. The molecule has 0 atom stereocenters. The van der Waals surface area contributed by atoms with Gasteiger partial charge in [-0.05, 0) is 31.2 Å². The molecule has 5 nitrogen and oxygen atoms in total. The highest BCUT2D eigenvalue weighted by molar-refractivity contribution is 9.10. The highest BCUT2D eigenvalue weighted by Gasteiger charge is 2.14. The maximum Gasteiger partial charge on any atom is 0.280 e. The molecule has 0 amide bonds. The summed E-state index contributed by atoms with van der Waals surface area (Å²) in [6.45, 7) is 2.97. The van der Waals surface area contributed by atoms with Crippen LogP contribution < -0.4 is 5.32 Å². The number of nitrogens with one attached hydrogen (secondary N) is 1. The first kappa shape index (κ1) is 17.5. The molecule has 25 heavy (non-hydrogen) atoms. The minimum absolute atomic E-state index is 0.180. The summed E-state index contributed by atoms with van der Waals surface area (Å²) in [5.41, 5.74) is 1.83. The highest BCUT2D eigenvalue weighted by Crippen LogP contribution is 2.25. The van der Waals surface area contributed by atoms with E-state index in [0.717, 1.165) is 15.7 Å². The van der Waals surface area contributed by atoms with Crippen molar-refractivity contribution < 1.29 is 8.78 Å². The zero-order valence-corrected chi connectivity index (χ0v) is 15.0. The van der Waals surface area contributed by atoms with Gasteiger partial charge in [-0.1, -0.05) is 28.1 Å². The topological polar surface area (TPSA) is 55.6 Å². The first-order chi connectivity index (χ1) is 12.0. The van der Waals surface area contributed by atoms with Gasteiger partial charge in [0.1, 0.15) is 5.69 Å². The molecule has 2 heterocycles. The van der Waals surface area contributed by atoms with Gasteiger partial charge in [-0.2, -0.15) is 5.10 Å². The van der Waals surface area contributed by atoms with Gasteiger partial charge < -0.3 is 5.32 Å². The quantitative estimate of drug-likeness (QED) is 0.655. The number of rotatable bonds is 6. The Morgan fingerprint density at radius 2 is 1.92 bits per heavy atom. The van der Waals surface area contributed by atoms with Crippen LogP contribution in [0.4, 0.5) is 14.7 Å². The minimum Gasteiger partial charge on any atom is -0.352 e. The largest absolute Gasteiger partial charge is 0.352 e. The lowest BCUT2D eigenvalue weighted by molar-refractivity contribution is 0.146. The van der Waals surface area contributed by atoms with E-state index in [0.29, 0.717) is 18.8 Å². The SMILES string of the molecule is Cc1ccn(CCNc2nc(-c3ccc(Br)cc3)cc(C(F)F)n2)n1. The second-order valence-electron chi connectivity index (χ2n) is 5.46. The Morgan fingerprint density at radius 3 is 2.56 bits per heavy atom. The Hall–Kier alpha value is -2.35. The summed E-state index contributed by atoms with van der Waals surface area (Å²) in [5, 5.41) is 7.27. The fourth-order valence-electron chi connectivity index (χ4n) is 2.30. The highest BCUT2D eigenvalue weighted by atomic mass is 79.9. The van der Waals surface area contributed by atoms with Crippen LogP contribution in [0.3, 0.4) is 0 Å². The standard InChI is InChI=1S/C17H16BrF2N5/c1-11-6-8-25(24-11)9-7-21-17-22-14(10-15(23-17)16(19)20)12-2-4-13(18)5-3-12/h2-6,8,10,16H,7,9H2,1H3,(H,21,22,23). The molecule has 0 aliphatic heterocycles. The molecular weight excluding hydrogens is 392 g/mol. The fraction of sp³-hybridized carbons (Fsp3) is 0.235. The van der Waals surface area contributed by atoms with Gasteiger partial charge in [0.05, 0.1) is 17.9 Å². The monoisotopic (exact) mass is 407 g/mol. The van der Waals surface area contributed by atoms with Crippen molar-refractivity contribution in [3.05, 3.63) is 58.5 Å². The second-order valence-corrected chi connectivity index (χ2v) is 6.37. The molecule has 2 aromatic heterocycles. The van der Waals surface area contributed by atoms with Crippen LogP contribution in [-0.2, 0) is 6.54 Å². The Balaban J connectivity index is 1.79. The van der Waals surface area contributed by atoms with Crippen LogP contribution in [0, 0.1) is 6.92 Å². The maximum absolute atomic E-state index is 13.2. The van der Waals surface area contributed by atoms with E-state index in [1.54, 1.807) is 4.68 Å². The summed E-state index contributed by atoms with van der Waals surface area (Å²) in [4.78, 5) is 8.25. The van der Waals surface area contributed by atoms with Gasteiger partial charge >= 0.3 is 0 Å². The molecule has 0 saturated carbocycles. The van der Waals surface area contributed by atoms with Gasteiger partial charge in [0.25, 0.3) is 6.43 Å². The first-order valence-electron chi connectivity index (χ1n) is 7.68. The summed E-state index contributed by atoms with van der Waals surface area (Å²) in [6.07, 6.45) is -0.799. The van der Waals surface area contributed by atoms with E-state index >= 15 is 0 Å². The Bertz CT molecular complexity index is 848. The number of hydrogen-bond acceptors (Lipinski definition) is 4. The number of alkyl halides is 2. The third kappa shape index (κ3) is 4.60. The average molecular weight is 408 g/mol. The molecule has 8 heteroatoms. The van der Waals surface area contributed by atoms with Crippen molar-refractivity contribution in [2.75, 3.05) is 11.9 Å². The van der Waals surface area contributed by atoms with Crippen LogP contribution in [0.5, 0.6) is 0 Å².